The lowest BCUT2D eigenvalue weighted by molar-refractivity contribution is -0.142. The highest BCUT2D eigenvalue weighted by Gasteiger charge is 2.35. The van der Waals surface area contributed by atoms with E-state index in [1.54, 1.807) is 49.4 Å². The summed E-state index contributed by atoms with van der Waals surface area (Å²) in [6, 6.07) is 11.9. The molecule has 15 heteroatoms. The Hall–Kier alpha value is -5.47. The van der Waals surface area contributed by atoms with Gasteiger partial charge < -0.3 is 41.2 Å². The molecule has 6 N–H and O–H groups in total. The quantitative estimate of drug-likeness (QED) is 0.102. The highest BCUT2D eigenvalue weighted by Crippen LogP contribution is 2.27. The Morgan fingerprint density at radius 2 is 1.41 bits per heavy atom. The number of ether oxygens (including phenoxy) is 2. The molecule has 0 saturated heterocycles. The average Bonchev–Trinajstić information content (AvgIpc) is 3.17. The Morgan fingerprint density at radius 1 is 0.778 bits per heavy atom. The van der Waals surface area contributed by atoms with Crippen molar-refractivity contribution in [2.75, 3.05) is 19.8 Å². The van der Waals surface area contributed by atoms with Crippen LogP contribution in [0.2, 0.25) is 0 Å². The van der Waals surface area contributed by atoms with Crippen LogP contribution >= 0.6 is 0 Å². The molecule has 0 bridgehead atoms. The summed E-state index contributed by atoms with van der Waals surface area (Å²) < 4.78 is 11.1. The van der Waals surface area contributed by atoms with E-state index in [4.69, 9.17) is 9.47 Å². The first-order chi connectivity index (χ1) is 25.9. The van der Waals surface area contributed by atoms with Gasteiger partial charge in [0.25, 0.3) is 5.91 Å². The van der Waals surface area contributed by atoms with Crippen LogP contribution in [-0.2, 0) is 33.5 Å². The second-order valence-electron chi connectivity index (χ2n) is 13.7. The van der Waals surface area contributed by atoms with E-state index in [1.807, 2.05) is 19.9 Å². The van der Waals surface area contributed by atoms with Gasteiger partial charge in [-0.3, -0.25) is 24.0 Å². The lowest BCUT2D eigenvalue weighted by atomic mass is 9.83. The fraction of sp³-hybridized carbons (Fsp3) is 0.513. The van der Waals surface area contributed by atoms with Gasteiger partial charge in [-0.05, 0) is 48.8 Å². The molecule has 4 atom stereocenters. The van der Waals surface area contributed by atoms with E-state index in [1.165, 1.54) is 12.1 Å². The topological polar surface area (TPSA) is 218 Å². The number of para-hydroxylation sites is 1. The predicted molar refractivity (Wildman–Crippen MR) is 198 cm³/mol. The van der Waals surface area contributed by atoms with Gasteiger partial charge in [0.1, 0.15) is 17.8 Å². The Balaban J connectivity index is 1.72. The Kier molecular flexibility index (Phi) is 17.9. The molecule has 54 heavy (non-hydrogen) atoms. The Morgan fingerprint density at radius 3 is 2.02 bits per heavy atom. The van der Waals surface area contributed by atoms with Gasteiger partial charge in [0, 0.05) is 6.42 Å². The minimum absolute atomic E-state index is 0.00262. The molecule has 1 fully saturated rings. The van der Waals surface area contributed by atoms with Crippen LogP contribution < -0.4 is 31.3 Å². The van der Waals surface area contributed by atoms with Gasteiger partial charge in [0.2, 0.25) is 23.5 Å². The maximum atomic E-state index is 13.9. The monoisotopic (exact) mass is 751 g/mol. The number of Topliss-reactive ketones (excluding diaryl/α,β-unsaturated/α-hetero) is 1. The summed E-state index contributed by atoms with van der Waals surface area (Å²) in [5, 5.41) is 22.2. The van der Waals surface area contributed by atoms with Crippen molar-refractivity contribution >= 4 is 41.5 Å². The number of aliphatic carboxylic acids is 1. The van der Waals surface area contributed by atoms with Crippen LogP contribution in [0.5, 0.6) is 5.75 Å². The molecule has 0 spiro atoms. The summed E-state index contributed by atoms with van der Waals surface area (Å²) in [6.45, 7) is 4.99. The number of amides is 5. The molecule has 0 aromatic heterocycles. The van der Waals surface area contributed by atoms with Crippen LogP contribution in [0.25, 0.3) is 0 Å². The fourth-order valence-corrected chi connectivity index (χ4v) is 6.00. The number of benzene rings is 2. The maximum Gasteiger partial charge on any atom is 0.407 e. The first-order valence-electron chi connectivity index (χ1n) is 18.5. The van der Waals surface area contributed by atoms with Gasteiger partial charge in [0.15, 0.2) is 6.04 Å². The number of hydrogen-bond donors (Lipinski definition) is 6. The molecular formula is C39H53N5O10. The lowest BCUT2D eigenvalue weighted by Crippen LogP contribution is -2.58. The molecule has 2 aromatic carbocycles. The third-order valence-corrected chi connectivity index (χ3v) is 8.81. The van der Waals surface area contributed by atoms with E-state index < -0.39 is 72.2 Å². The molecule has 15 nitrogen and oxygen atoms in total. The van der Waals surface area contributed by atoms with Crippen LogP contribution in [0.4, 0.5) is 4.79 Å². The van der Waals surface area contributed by atoms with Gasteiger partial charge in [-0.25, -0.2) is 9.59 Å². The van der Waals surface area contributed by atoms with Crippen LogP contribution in [0, 0.1) is 11.8 Å². The predicted octanol–water partition coefficient (Wildman–Crippen LogP) is 3.18. The zero-order chi connectivity index (χ0) is 39.5. The smallest absolute Gasteiger partial charge is 0.407 e. The van der Waals surface area contributed by atoms with E-state index in [0.29, 0.717) is 30.6 Å². The molecule has 2 unspecified atom stereocenters. The van der Waals surface area contributed by atoms with Crippen molar-refractivity contribution < 1.29 is 48.1 Å². The molecular weight excluding hydrogens is 698 g/mol. The van der Waals surface area contributed by atoms with Crippen molar-refractivity contribution in [3.8, 4) is 5.75 Å². The average molecular weight is 752 g/mol. The van der Waals surface area contributed by atoms with Crippen molar-refractivity contribution in [3.05, 3.63) is 66.2 Å². The fourth-order valence-electron chi connectivity index (χ4n) is 6.00. The summed E-state index contributed by atoms with van der Waals surface area (Å²) >= 11 is 0. The summed E-state index contributed by atoms with van der Waals surface area (Å²) in [5.41, 5.74) is 0.314. The molecule has 1 aliphatic carbocycles. The SMILES string of the molecule is CCCC(NC(=O)[C@H](CCOc1ccccc1)NC(=O)[C@@H](NC(=O)OCC(C)C)C1CCCCC1)C(=O)C(=O)NCC(=O)NC(C(=O)O)c1ccccc1. The summed E-state index contributed by atoms with van der Waals surface area (Å²) in [4.78, 5) is 91.0. The minimum Gasteiger partial charge on any atom is -0.494 e. The van der Waals surface area contributed by atoms with Crippen LogP contribution in [0.3, 0.4) is 0 Å². The summed E-state index contributed by atoms with van der Waals surface area (Å²) in [5.74, 6) is -5.28. The Bertz CT molecular complexity index is 1550. The number of hydrogen-bond acceptors (Lipinski definition) is 9. The highest BCUT2D eigenvalue weighted by molar-refractivity contribution is 6.38. The number of ketones is 1. The number of carboxylic acid groups (broad SMARTS) is 1. The van der Waals surface area contributed by atoms with Crippen molar-refractivity contribution in [1.82, 2.24) is 26.6 Å². The van der Waals surface area contributed by atoms with Crippen LogP contribution in [0.15, 0.2) is 60.7 Å². The second kappa shape index (κ2) is 22.6. The van der Waals surface area contributed by atoms with Crippen molar-refractivity contribution in [1.29, 1.82) is 0 Å². The van der Waals surface area contributed by atoms with E-state index in [-0.39, 0.29) is 37.9 Å². The zero-order valence-corrected chi connectivity index (χ0v) is 31.1. The van der Waals surface area contributed by atoms with Crippen molar-refractivity contribution in [2.24, 2.45) is 11.8 Å². The van der Waals surface area contributed by atoms with E-state index in [0.717, 1.165) is 19.3 Å². The molecule has 294 valence electrons. The normalized spacial score (nSPS) is 15.0. The third-order valence-electron chi connectivity index (χ3n) is 8.81. The first-order valence-corrected chi connectivity index (χ1v) is 18.5. The van der Waals surface area contributed by atoms with Gasteiger partial charge in [0.05, 0.1) is 25.8 Å². The summed E-state index contributed by atoms with van der Waals surface area (Å²) in [6.07, 6.45) is 3.85. The summed E-state index contributed by atoms with van der Waals surface area (Å²) in [7, 11) is 0. The van der Waals surface area contributed by atoms with Gasteiger partial charge in [-0.2, -0.15) is 0 Å². The minimum atomic E-state index is -1.38. The molecule has 0 aliphatic heterocycles. The third kappa shape index (κ3) is 14.5. The van der Waals surface area contributed by atoms with Gasteiger partial charge in [-0.15, -0.1) is 0 Å². The van der Waals surface area contributed by atoms with Crippen molar-refractivity contribution in [3.63, 3.8) is 0 Å². The molecule has 2 aromatic rings. The largest absolute Gasteiger partial charge is 0.494 e. The number of nitrogens with one attached hydrogen (secondary N) is 5. The molecule has 1 saturated carbocycles. The molecule has 0 heterocycles. The van der Waals surface area contributed by atoms with Crippen molar-refractivity contribution in [2.45, 2.75) is 96.3 Å². The van der Waals surface area contributed by atoms with E-state index in [2.05, 4.69) is 26.6 Å². The molecule has 5 amide bonds. The number of alkyl carbamates (subject to hydrolysis) is 1. The number of carbonyl (C=O) groups excluding carboxylic acids is 6. The molecule has 1 aliphatic rings. The van der Waals surface area contributed by atoms with Crippen LogP contribution in [-0.4, -0.2) is 84.5 Å². The zero-order valence-electron chi connectivity index (χ0n) is 31.1. The molecule has 0 radical (unpaired) electrons. The highest BCUT2D eigenvalue weighted by atomic mass is 16.5. The standard InChI is InChI=1S/C39H53N5O10/c1-4-14-29(34(46)37(49)40-23-31(45)43-33(38(50)51)27-17-10-6-11-18-27)41-35(47)30(21-22-53-28-19-12-7-13-20-28)42-36(48)32(26-15-8-5-9-16-26)44-39(52)54-24-25(2)3/h6-7,10-13,17-20,25-26,29-30,32-33H,4-5,8-9,14-16,21-24H2,1-3H3,(H,40,49)(H,41,47)(H,42,48)(H,43,45)(H,44,52)(H,50,51)/t29?,30-,32-,33?/m0/s1. The Labute approximate surface area is 315 Å². The number of rotatable bonds is 21. The second-order valence-corrected chi connectivity index (χ2v) is 13.7. The van der Waals surface area contributed by atoms with Gasteiger partial charge >= 0.3 is 12.1 Å². The van der Waals surface area contributed by atoms with E-state index >= 15 is 0 Å². The lowest BCUT2D eigenvalue weighted by Gasteiger charge is -2.31. The van der Waals surface area contributed by atoms with Gasteiger partial charge in [-0.1, -0.05) is 95.0 Å². The van der Waals surface area contributed by atoms with E-state index in [9.17, 15) is 38.7 Å². The number of carboxylic acids is 1. The first kappa shape index (κ1) is 42.9. The maximum absolute atomic E-state index is 13.9. The number of carbonyl (C=O) groups is 7. The molecule has 3 rings (SSSR count). The van der Waals surface area contributed by atoms with Crippen LogP contribution in [0.1, 0.15) is 83.7 Å².